The Morgan fingerprint density at radius 2 is 1.77 bits per heavy atom. The van der Waals surface area contributed by atoms with Crippen molar-refractivity contribution in [3.63, 3.8) is 0 Å². The molecular formula is C19H22F3N3O5. The summed E-state index contributed by atoms with van der Waals surface area (Å²) >= 11 is 0. The maximum Gasteiger partial charge on any atom is 0.573 e. The Labute approximate surface area is 170 Å². The number of nitrogens with zero attached hydrogens (tertiary/aromatic N) is 3. The molecule has 0 saturated carbocycles. The average molecular weight is 429 g/mol. The number of esters is 1. The maximum atomic E-state index is 12.6. The van der Waals surface area contributed by atoms with Crippen LogP contribution in [0.25, 0.3) is 0 Å². The summed E-state index contributed by atoms with van der Waals surface area (Å²) in [6.07, 6.45) is -2.55. The first-order chi connectivity index (χ1) is 13.8. The highest BCUT2D eigenvalue weighted by atomic mass is 19.4. The van der Waals surface area contributed by atoms with Crippen molar-refractivity contribution in [2.45, 2.75) is 39.3 Å². The van der Waals surface area contributed by atoms with Crippen molar-refractivity contribution >= 4 is 12.1 Å². The summed E-state index contributed by atoms with van der Waals surface area (Å²) in [5.41, 5.74) is -0.355. The van der Waals surface area contributed by atoms with Crippen molar-refractivity contribution in [1.29, 1.82) is 0 Å². The molecule has 0 atom stereocenters. The molecule has 0 aliphatic carbocycles. The normalized spacial score (nSPS) is 12.6. The second-order valence-corrected chi connectivity index (χ2v) is 7.33. The second-order valence-electron chi connectivity index (χ2n) is 7.33. The lowest BCUT2D eigenvalue weighted by molar-refractivity contribution is -0.274. The zero-order valence-electron chi connectivity index (χ0n) is 17.1. The monoisotopic (exact) mass is 429 g/mol. The molecule has 0 bridgehead atoms. The van der Waals surface area contributed by atoms with E-state index in [0.29, 0.717) is 5.56 Å². The summed E-state index contributed by atoms with van der Waals surface area (Å²) in [6, 6.07) is 3.44. The molecule has 8 nitrogen and oxygen atoms in total. The Morgan fingerprint density at radius 3 is 2.33 bits per heavy atom. The van der Waals surface area contributed by atoms with Crippen LogP contribution in [-0.2, 0) is 23.1 Å². The van der Waals surface area contributed by atoms with Gasteiger partial charge in [0.25, 0.3) is 0 Å². The predicted octanol–water partition coefficient (Wildman–Crippen LogP) is 3.40. The number of carbonyl (C=O) groups is 2. The van der Waals surface area contributed by atoms with E-state index in [0.717, 1.165) is 19.2 Å². The lowest BCUT2D eigenvalue weighted by Gasteiger charge is -2.17. The molecule has 1 heterocycles. The highest BCUT2D eigenvalue weighted by Gasteiger charge is 2.31. The van der Waals surface area contributed by atoms with E-state index in [1.54, 1.807) is 44.8 Å². The molecule has 0 radical (unpaired) electrons. The summed E-state index contributed by atoms with van der Waals surface area (Å²) in [6.45, 7) is 5.08. The van der Waals surface area contributed by atoms with Crippen LogP contribution < -0.4 is 10.4 Å². The summed E-state index contributed by atoms with van der Waals surface area (Å²) < 4.78 is 54.7. The van der Waals surface area contributed by atoms with Crippen molar-refractivity contribution in [3.05, 3.63) is 47.3 Å². The fourth-order valence-electron chi connectivity index (χ4n) is 2.53. The van der Waals surface area contributed by atoms with Gasteiger partial charge in [0.2, 0.25) is 5.62 Å². The summed E-state index contributed by atoms with van der Waals surface area (Å²) in [4.78, 5) is 27.8. The van der Waals surface area contributed by atoms with Crippen molar-refractivity contribution in [1.82, 2.24) is 9.13 Å². The Bertz CT molecular complexity index is 1000. The van der Waals surface area contributed by atoms with E-state index in [1.165, 1.54) is 10.6 Å². The minimum Gasteiger partial charge on any atom is -0.465 e. The number of hydrogen-bond acceptors (Lipinski definition) is 5. The van der Waals surface area contributed by atoms with Crippen LogP contribution in [0.1, 0.15) is 36.7 Å². The van der Waals surface area contributed by atoms with Gasteiger partial charge in [0.05, 0.1) is 19.2 Å². The van der Waals surface area contributed by atoms with Crippen LogP contribution in [0.5, 0.6) is 5.75 Å². The molecule has 0 fully saturated rings. The fraction of sp³-hybridized carbons (Fsp3) is 0.421. The summed E-state index contributed by atoms with van der Waals surface area (Å²) in [5, 5.41) is 0. The molecule has 30 heavy (non-hydrogen) atoms. The lowest BCUT2D eigenvalue weighted by atomic mass is 10.1. The first-order valence-corrected chi connectivity index (χ1v) is 8.75. The van der Waals surface area contributed by atoms with Gasteiger partial charge >= 0.3 is 18.4 Å². The van der Waals surface area contributed by atoms with E-state index in [1.807, 2.05) is 0 Å². The van der Waals surface area contributed by atoms with Crippen LogP contribution in [0, 0.1) is 0 Å². The van der Waals surface area contributed by atoms with Crippen molar-refractivity contribution in [2.24, 2.45) is 12.0 Å². The number of rotatable bonds is 4. The number of benzene rings is 1. The van der Waals surface area contributed by atoms with Crippen LogP contribution in [-0.4, -0.2) is 40.3 Å². The molecule has 0 aliphatic rings. The van der Waals surface area contributed by atoms with E-state index < -0.39 is 29.8 Å². The van der Waals surface area contributed by atoms with E-state index in [-0.39, 0.29) is 17.7 Å². The van der Waals surface area contributed by atoms with Gasteiger partial charge in [0, 0.05) is 19.4 Å². The molecule has 0 saturated heterocycles. The van der Waals surface area contributed by atoms with E-state index in [4.69, 9.17) is 4.74 Å². The Hall–Kier alpha value is -3.24. The highest BCUT2D eigenvalue weighted by Crippen LogP contribution is 2.25. The SMILES string of the molecule is COC(=O)c1cc(Cn2ccn(C)/c2=N\C(=O)OC(C)(C)C)cc(OC(F)(F)F)c1. The number of aryl methyl sites for hydroxylation is 1. The summed E-state index contributed by atoms with van der Waals surface area (Å²) in [7, 11) is 2.76. The molecule has 1 amide bonds. The van der Waals surface area contributed by atoms with Gasteiger partial charge in [-0.25, -0.2) is 9.59 Å². The maximum absolute atomic E-state index is 12.6. The number of halogens is 3. The topological polar surface area (TPSA) is 84.1 Å². The largest absolute Gasteiger partial charge is 0.573 e. The van der Waals surface area contributed by atoms with E-state index >= 15 is 0 Å². The molecule has 11 heteroatoms. The van der Waals surface area contributed by atoms with Gasteiger partial charge in [0.1, 0.15) is 11.4 Å². The third-order valence-electron chi connectivity index (χ3n) is 3.60. The molecular weight excluding hydrogens is 407 g/mol. The van der Waals surface area contributed by atoms with Crippen LogP contribution in [0.3, 0.4) is 0 Å². The molecule has 0 spiro atoms. The van der Waals surface area contributed by atoms with Crippen molar-refractivity contribution in [2.75, 3.05) is 7.11 Å². The van der Waals surface area contributed by atoms with Gasteiger partial charge in [-0.15, -0.1) is 18.2 Å². The highest BCUT2D eigenvalue weighted by molar-refractivity contribution is 5.90. The number of imidazole rings is 1. The van der Waals surface area contributed by atoms with Gasteiger partial charge < -0.3 is 23.3 Å². The van der Waals surface area contributed by atoms with E-state index in [2.05, 4.69) is 14.5 Å². The minimum absolute atomic E-state index is 0.00151. The molecule has 1 aromatic heterocycles. The van der Waals surface area contributed by atoms with Crippen LogP contribution in [0.15, 0.2) is 35.6 Å². The van der Waals surface area contributed by atoms with Crippen LogP contribution in [0.4, 0.5) is 18.0 Å². The standard InChI is InChI=1S/C19H22F3N3O5/c1-18(2,3)30-17(27)23-16-24(4)6-7-25(16)11-12-8-13(15(26)28-5)10-14(9-12)29-19(20,21)22/h6-10H,11H2,1-5H3/b23-16+. The number of aromatic nitrogens is 2. The molecule has 164 valence electrons. The first-order valence-electron chi connectivity index (χ1n) is 8.75. The number of methoxy groups -OCH3 is 1. The van der Waals surface area contributed by atoms with Gasteiger partial charge in [-0.2, -0.15) is 0 Å². The van der Waals surface area contributed by atoms with Crippen LogP contribution >= 0.6 is 0 Å². The van der Waals surface area contributed by atoms with Crippen LogP contribution in [0.2, 0.25) is 0 Å². The fourth-order valence-corrected chi connectivity index (χ4v) is 2.53. The van der Waals surface area contributed by atoms with Crippen molar-refractivity contribution < 1.29 is 37.0 Å². The smallest absolute Gasteiger partial charge is 0.465 e. The third-order valence-corrected chi connectivity index (χ3v) is 3.60. The molecule has 1 aromatic carbocycles. The molecule has 2 aromatic rings. The molecule has 2 rings (SSSR count). The number of hydrogen-bond donors (Lipinski definition) is 0. The first kappa shape index (κ1) is 23.0. The zero-order valence-corrected chi connectivity index (χ0v) is 17.1. The minimum atomic E-state index is -4.93. The zero-order chi connectivity index (χ0) is 22.7. The van der Waals surface area contributed by atoms with Gasteiger partial charge in [-0.1, -0.05) is 0 Å². The quantitative estimate of drug-likeness (QED) is 0.696. The number of carbonyl (C=O) groups excluding carboxylic acids is 2. The molecule has 0 unspecified atom stereocenters. The number of alkyl halides is 3. The number of ether oxygens (including phenoxy) is 3. The lowest BCUT2D eigenvalue weighted by Crippen LogP contribution is -2.29. The molecule has 0 N–H and O–H groups in total. The van der Waals surface area contributed by atoms with Gasteiger partial charge in [0.15, 0.2) is 0 Å². The Balaban J connectivity index is 2.44. The Kier molecular flexibility index (Phi) is 6.63. The second kappa shape index (κ2) is 8.64. The third kappa shape index (κ3) is 6.68. The average Bonchev–Trinajstić information content (AvgIpc) is 2.90. The van der Waals surface area contributed by atoms with Crippen molar-refractivity contribution in [3.8, 4) is 5.75 Å². The van der Waals surface area contributed by atoms with Gasteiger partial charge in [-0.05, 0) is 44.5 Å². The van der Waals surface area contributed by atoms with Gasteiger partial charge in [-0.3, -0.25) is 0 Å². The predicted molar refractivity (Wildman–Crippen MR) is 98.8 cm³/mol. The Morgan fingerprint density at radius 1 is 1.10 bits per heavy atom. The molecule has 0 aliphatic heterocycles. The van der Waals surface area contributed by atoms with E-state index in [9.17, 15) is 22.8 Å². The number of amides is 1. The summed E-state index contributed by atoms with van der Waals surface area (Å²) in [5.74, 6) is -1.39.